The van der Waals surface area contributed by atoms with Gasteiger partial charge in [-0.3, -0.25) is 9.48 Å². The first-order chi connectivity index (χ1) is 16.9. The van der Waals surface area contributed by atoms with Crippen molar-refractivity contribution in [2.45, 2.75) is 24.0 Å². The minimum atomic E-state index is -3.25. The van der Waals surface area contributed by atoms with E-state index in [-0.39, 0.29) is 16.9 Å². The number of carbonyl (C=O) groups is 1. The molecule has 1 aliphatic rings. The number of nitrogens with one attached hydrogen (secondary N) is 1. The summed E-state index contributed by atoms with van der Waals surface area (Å²) in [5.41, 5.74) is 4.44. The molecule has 1 N–H and O–H groups in total. The fraction of sp³-hybridized carbons (Fsp3) is 0.185. The lowest BCUT2D eigenvalue weighted by molar-refractivity contribution is 0.0933. The Balaban J connectivity index is 1.24. The second-order valence-electron chi connectivity index (χ2n) is 8.65. The molecule has 7 nitrogen and oxygen atoms in total. The van der Waals surface area contributed by atoms with Crippen molar-refractivity contribution >= 4 is 15.7 Å². The molecule has 0 fully saturated rings. The van der Waals surface area contributed by atoms with Gasteiger partial charge >= 0.3 is 0 Å². The molecule has 1 amide bonds. The summed E-state index contributed by atoms with van der Waals surface area (Å²) in [6.45, 7) is 0.979. The van der Waals surface area contributed by atoms with Gasteiger partial charge in [-0.05, 0) is 47.0 Å². The molecule has 3 aromatic carbocycles. The van der Waals surface area contributed by atoms with Crippen LogP contribution in [-0.4, -0.2) is 43.0 Å². The van der Waals surface area contributed by atoms with Gasteiger partial charge in [-0.15, -0.1) is 0 Å². The fourth-order valence-electron chi connectivity index (χ4n) is 4.26. The van der Waals surface area contributed by atoms with Crippen molar-refractivity contribution in [3.05, 3.63) is 102 Å². The number of fused-ring (bicyclic) bond motifs is 1. The molecule has 0 spiro atoms. The van der Waals surface area contributed by atoms with Crippen LogP contribution in [-0.2, 0) is 22.8 Å². The number of hydrogen-bond acceptors (Lipinski definition) is 5. The average Bonchev–Trinajstić information content (AvgIpc) is 3.51. The van der Waals surface area contributed by atoms with E-state index < -0.39 is 9.84 Å². The zero-order chi connectivity index (χ0) is 24.4. The lowest BCUT2D eigenvalue weighted by Crippen LogP contribution is -2.34. The lowest BCUT2D eigenvalue weighted by Gasteiger charge is -2.14. The normalized spacial score (nSPS) is 14.8. The van der Waals surface area contributed by atoms with E-state index in [0.717, 1.165) is 28.0 Å². The van der Waals surface area contributed by atoms with Crippen molar-refractivity contribution in [1.29, 1.82) is 0 Å². The van der Waals surface area contributed by atoms with E-state index >= 15 is 0 Å². The highest BCUT2D eigenvalue weighted by Gasteiger charge is 2.26. The lowest BCUT2D eigenvalue weighted by atomic mass is 10.0. The summed E-state index contributed by atoms with van der Waals surface area (Å²) in [5, 5.41) is 7.20. The number of ether oxygens (including phenoxy) is 1. The number of nitrogens with zero attached hydrogens (tertiary/aromatic N) is 2. The van der Waals surface area contributed by atoms with Gasteiger partial charge < -0.3 is 10.1 Å². The molecule has 178 valence electrons. The Morgan fingerprint density at radius 2 is 1.89 bits per heavy atom. The molecule has 1 unspecified atom stereocenters. The minimum Gasteiger partial charge on any atom is -0.487 e. The molecule has 8 heteroatoms. The van der Waals surface area contributed by atoms with Crippen LogP contribution in [0.1, 0.15) is 21.5 Å². The second kappa shape index (κ2) is 9.38. The number of aromatic nitrogens is 2. The van der Waals surface area contributed by atoms with Gasteiger partial charge in [-0.1, -0.05) is 42.5 Å². The van der Waals surface area contributed by atoms with Crippen LogP contribution < -0.4 is 10.1 Å². The molecule has 0 radical (unpaired) electrons. The van der Waals surface area contributed by atoms with Crippen LogP contribution in [0, 0.1) is 0 Å². The predicted molar refractivity (Wildman–Crippen MR) is 133 cm³/mol. The van der Waals surface area contributed by atoms with E-state index in [1.54, 1.807) is 36.5 Å². The van der Waals surface area contributed by atoms with Crippen LogP contribution >= 0.6 is 0 Å². The van der Waals surface area contributed by atoms with Crippen LogP contribution in [0.4, 0.5) is 0 Å². The van der Waals surface area contributed by atoms with Gasteiger partial charge in [0.15, 0.2) is 9.84 Å². The Bertz CT molecular complexity index is 1460. The van der Waals surface area contributed by atoms with Crippen LogP contribution in [0.2, 0.25) is 0 Å². The molecule has 0 saturated heterocycles. The maximum Gasteiger partial charge on any atom is 0.251 e. The summed E-state index contributed by atoms with van der Waals surface area (Å²) in [4.78, 5) is 13.1. The zero-order valence-electron chi connectivity index (χ0n) is 19.2. The van der Waals surface area contributed by atoms with Gasteiger partial charge in [0.2, 0.25) is 0 Å². The summed E-state index contributed by atoms with van der Waals surface area (Å²) in [7, 11) is -3.25. The van der Waals surface area contributed by atoms with Gasteiger partial charge in [0.1, 0.15) is 11.9 Å². The maximum atomic E-state index is 12.8. The molecule has 0 aliphatic carbocycles. The first kappa shape index (κ1) is 22.9. The summed E-state index contributed by atoms with van der Waals surface area (Å²) in [5.74, 6) is 0.628. The first-order valence-electron chi connectivity index (χ1n) is 11.3. The molecule has 1 aromatic heterocycles. The molecule has 5 rings (SSSR count). The van der Waals surface area contributed by atoms with E-state index in [2.05, 4.69) is 10.4 Å². The largest absolute Gasteiger partial charge is 0.487 e. The number of sulfone groups is 1. The highest BCUT2D eigenvalue weighted by atomic mass is 32.2. The molecule has 1 aliphatic heterocycles. The number of para-hydroxylation sites is 1. The quantitative estimate of drug-likeness (QED) is 0.429. The van der Waals surface area contributed by atoms with Crippen LogP contribution in [0.3, 0.4) is 0 Å². The Labute approximate surface area is 204 Å². The molecular formula is C27H25N3O4S. The summed E-state index contributed by atoms with van der Waals surface area (Å²) < 4.78 is 31.6. The van der Waals surface area contributed by atoms with Crippen LogP contribution in [0.25, 0.3) is 11.1 Å². The third-order valence-corrected chi connectivity index (χ3v) is 7.13. The maximum absolute atomic E-state index is 12.8. The summed E-state index contributed by atoms with van der Waals surface area (Å²) >= 11 is 0. The second-order valence-corrected chi connectivity index (χ2v) is 10.7. The number of benzene rings is 3. The third-order valence-electron chi connectivity index (χ3n) is 6.01. The van der Waals surface area contributed by atoms with E-state index in [9.17, 15) is 13.2 Å². The molecule has 0 bridgehead atoms. The first-order valence-corrected chi connectivity index (χ1v) is 13.2. The summed E-state index contributed by atoms with van der Waals surface area (Å²) in [6.07, 6.45) is 5.31. The highest BCUT2D eigenvalue weighted by Crippen LogP contribution is 2.38. The van der Waals surface area contributed by atoms with Gasteiger partial charge in [0.25, 0.3) is 5.91 Å². The zero-order valence-corrected chi connectivity index (χ0v) is 20.0. The van der Waals surface area contributed by atoms with Crippen molar-refractivity contribution in [3.8, 4) is 16.9 Å². The molecular weight excluding hydrogens is 462 g/mol. The molecule has 2 heterocycles. The Hall–Kier alpha value is -3.91. The number of carbonyl (C=O) groups excluding carboxylic acids is 1. The van der Waals surface area contributed by atoms with E-state index in [0.29, 0.717) is 25.1 Å². The Morgan fingerprint density at radius 1 is 1.09 bits per heavy atom. The third kappa shape index (κ3) is 5.12. The van der Waals surface area contributed by atoms with E-state index in [1.807, 2.05) is 53.3 Å². The highest BCUT2D eigenvalue weighted by molar-refractivity contribution is 7.90. The topological polar surface area (TPSA) is 90.3 Å². The standard InChI is InChI=1S/C27H25N3O4S/c1-35(32,33)24-11-9-20(10-12-24)25-8-3-6-21-16-23(34-26(21)25)17-28-27(31)22-7-2-5-19(15-22)18-30-14-4-13-29-30/h2-15,23H,16-18H2,1H3,(H,28,31). The Kier molecular flexibility index (Phi) is 6.13. The van der Waals surface area contributed by atoms with Gasteiger partial charge in [0, 0.05) is 36.2 Å². The van der Waals surface area contributed by atoms with E-state index in [4.69, 9.17) is 4.74 Å². The van der Waals surface area contributed by atoms with Crippen molar-refractivity contribution in [3.63, 3.8) is 0 Å². The Morgan fingerprint density at radius 3 is 2.63 bits per heavy atom. The molecule has 35 heavy (non-hydrogen) atoms. The minimum absolute atomic E-state index is 0.150. The number of rotatable bonds is 7. The van der Waals surface area contributed by atoms with Crippen molar-refractivity contribution in [1.82, 2.24) is 15.1 Å². The van der Waals surface area contributed by atoms with Crippen LogP contribution in [0.5, 0.6) is 5.75 Å². The fourth-order valence-corrected chi connectivity index (χ4v) is 4.89. The SMILES string of the molecule is CS(=O)(=O)c1ccc(-c2cccc3c2OC(CNC(=O)c2cccc(Cn4cccn4)c2)C3)cc1. The van der Waals surface area contributed by atoms with Gasteiger partial charge in [0.05, 0.1) is 18.0 Å². The molecule has 1 atom stereocenters. The van der Waals surface area contributed by atoms with Crippen molar-refractivity contribution < 1.29 is 17.9 Å². The van der Waals surface area contributed by atoms with Gasteiger partial charge in [-0.25, -0.2) is 8.42 Å². The van der Waals surface area contributed by atoms with E-state index in [1.165, 1.54) is 6.26 Å². The van der Waals surface area contributed by atoms with Gasteiger partial charge in [-0.2, -0.15) is 5.10 Å². The molecule has 0 saturated carbocycles. The molecule has 4 aromatic rings. The van der Waals surface area contributed by atoms with Crippen LogP contribution in [0.15, 0.2) is 90.1 Å². The number of amides is 1. The average molecular weight is 488 g/mol. The summed E-state index contributed by atoms with van der Waals surface area (Å²) in [6, 6.07) is 22.1. The number of hydrogen-bond donors (Lipinski definition) is 1. The predicted octanol–water partition coefficient (Wildman–Crippen LogP) is 3.74. The van der Waals surface area contributed by atoms with Crippen molar-refractivity contribution in [2.24, 2.45) is 0 Å². The monoisotopic (exact) mass is 487 g/mol. The smallest absolute Gasteiger partial charge is 0.251 e. The van der Waals surface area contributed by atoms with Crippen molar-refractivity contribution in [2.75, 3.05) is 12.8 Å².